The third kappa shape index (κ3) is 3.46. The van der Waals surface area contributed by atoms with Gasteiger partial charge in [0.15, 0.2) is 0 Å². The maximum absolute atomic E-state index is 9.16. The zero-order valence-corrected chi connectivity index (χ0v) is 9.21. The second-order valence-corrected chi connectivity index (χ2v) is 4.46. The highest BCUT2D eigenvalue weighted by Crippen LogP contribution is 2.15. The fraction of sp³-hybridized carbons (Fsp3) is 0.500. The average molecular weight is 210 g/mol. The van der Waals surface area contributed by atoms with Crippen LogP contribution in [0.3, 0.4) is 0 Å². The molecule has 76 valence electrons. The highest BCUT2D eigenvalue weighted by Gasteiger charge is 2.05. The summed E-state index contributed by atoms with van der Waals surface area (Å²) in [5, 5.41) is 19.6. The molecule has 0 aliphatic heterocycles. The minimum absolute atomic E-state index is 0.310. The van der Waals surface area contributed by atoms with E-state index in [0.717, 1.165) is 17.0 Å². The van der Waals surface area contributed by atoms with E-state index >= 15 is 0 Å². The number of hydrogen-bond acceptors (Lipinski definition) is 4. The Hall–Kier alpha value is -0.890. The molecule has 0 aliphatic rings. The molecule has 0 bridgehead atoms. The van der Waals surface area contributed by atoms with Crippen molar-refractivity contribution in [1.82, 2.24) is 4.90 Å². The summed E-state index contributed by atoms with van der Waals surface area (Å²) < 4.78 is 0. The van der Waals surface area contributed by atoms with Crippen LogP contribution in [0.2, 0.25) is 0 Å². The van der Waals surface area contributed by atoms with Gasteiger partial charge in [0.05, 0.1) is 11.7 Å². The van der Waals surface area contributed by atoms with Crippen molar-refractivity contribution in [3.8, 4) is 6.07 Å². The van der Waals surface area contributed by atoms with E-state index < -0.39 is 0 Å². The van der Waals surface area contributed by atoms with E-state index in [-0.39, 0.29) is 6.10 Å². The first kappa shape index (κ1) is 11.2. The first-order valence-electron chi connectivity index (χ1n) is 4.46. The Bertz CT molecular complexity index is 327. The normalized spacial score (nSPS) is 12.8. The molecule has 0 aliphatic carbocycles. The van der Waals surface area contributed by atoms with E-state index in [2.05, 4.69) is 6.07 Å². The molecule has 1 atom stereocenters. The lowest BCUT2D eigenvalue weighted by molar-refractivity contribution is 0.139. The molecular weight excluding hydrogens is 196 g/mol. The van der Waals surface area contributed by atoms with Crippen LogP contribution in [0.1, 0.15) is 17.4 Å². The Morgan fingerprint density at radius 2 is 2.43 bits per heavy atom. The molecule has 1 aromatic rings. The quantitative estimate of drug-likeness (QED) is 0.818. The number of thiophene rings is 1. The van der Waals surface area contributed by atoms with Crippen molar-refractivity contribution >= 4 is 11.3 Å². The van der Waals surface area contributed by atoms with Crippen LogP contribution in [0, 0.1) is 11.3 Å². The van der Waals surface area contributed by atoms with Gasteiger partial charge in [-0.05, 0) is 20.0 Å². The predicted octanol–water partition coefficient (Wildman–Crippen LogP) is 1.43. The van der Waals surface area contributed by atoms with Crippen molar-refractivity contribution in [2.75, 3.05) is 13.6 Å². The van der Waals surface area contributed by atoms with Gasteiger partial charge in [-0.15, -0.1) is 11.3 Å². The molecule has 14 heavy (non-hydrogen) atoms. The Morgan fingerprint density at radius 1 is 1.71 bits per heavy atom. The molecule has 0 unspecified atom stereocenters. The zero-order chi connectivity index (χ0) is 10.6. The van der Waals surface area contributed by atoms with Gasteiger partial charge in [-0.1, -0.05) is 0 Å². The molecular formula is C10H14N2OS. The zero-order valence-electron chi connectivity index (χ0n) is 8.40. The SMILES string of the molecule is C[C@H](O)CN(C)Cc1cc(C#N)cs1. The molecule has 1 aromatic heterocycles. The smallest absolute Gasteiger partial charge is 0.100 e. The van der Waals surface area contributed by atoms with Crippen LogP contribution in [-0.4, -0.2) is 29.7 Å². The Kier molecular flexibility index (Phi) is 4.08. The molecule has 0 saturated carbocycles. The third-order valence-corrected chi connectivity index (χ3v) is 2.71. The van der Waals surface area contributed by atoms with Gasteiger partial charge >= 0.3 is 0 Å². The molecule has 0 saturated heterocycles. The van der Waals surface area contributed by atoms with Crippen LogP contribution in [0.15, 0.2) is 11.4 Å². The summed E-state index contributed by atoms with van der Waals surface area (Å²) in [5.41, 5.74) is 0.718. The summed E-state index contributed by atoms with van der Waals surface area (Å²) in [6.07, 6.45) is -0.310. The molecule has 0 aromatic carbocycles. The van der Waals surface area contributed by atoms with Crippen LogP contribution < -0.4 is 0 Å². The molecule has 0 fully saturated rings. The molecule has 4 heteroatoms. The molecule has 0 amide bonds. The number of nitrogens with zero attached hydrogens (tertiary/aromatic N) is 2. The number of aliphatic hydroxyl groups excluding tert-OH is 1. The van der Waals surface area contributed by atoms with Crippen molar-refractivity contribution in [2.24, 2.45) is 0 Å². The third-order valence-electron chi connectivity index (χ3n) is 1.78. The van der Waals surface area contributed by atoms with E-state index in [1.165, 1.54) is 0 Å². The minimum atomic E-state index is -0.310. The van der Waals surface area contributed by atoms with E-state index in [1.54, 1.807) is 18.3 Å². The molecule has 0 spiro atoms. The van der Waals surface area contributed by atoms with Gasteiger partial charge in [0.1, 0.15) is 6.07 Å². The lowest BCUT2D eigenvalue weighted by atomic mass is 10.3. The molecule has 1 N–H and O–H groups in total. The second kappa shape index (κ2) is 5.11. The van der Waals surface area contributed by atoms with Crippen molar-refractivity contribution in [3.63, 3.8) is 0 Å². The molecule has 3 nitrogen and oxygen atoms in total. The summed E-state index contributed by atoms with van der Waals surface area (Å²) in [6, 6.07) is 4.00. The molecule has 1 rings (SSSR count). The van der Waals surface area contributed by atoms with Gasteiger partial charge in [-0.2, -0.15) is 5.26 Å². The monoisotopic (exact) mass is 210 g/mol. The highest BCUT2D eigenvalue weighted by molar-refractivity contribution is 7.10. The van der Waals surface area contributed by atoms with Crippen molar-refractivity contribution in [1.29, 1.82) is 5.26 Å². The van der Waals surface area contributed by atoms with Crippen molar-refractivity contribution in [3.05, 3.63) is 21.9 Å². The Labute approximate surface area is 88.2 Å². The van der Waals surface area contributed by atoms with Gasteiger partial charge in [0.2, 0.25) is 0 Å². The summed E-state index contributed by atoms with van der Waals surface area (Å²) in [4.78, 5) is 3.20. The van der Waals surface area contributed by atoms with Crippen LogP contribution in [0.5, 0.6) is 0 Å². The van der Waals surface area contributed by atoms with Crippen LogP contribution in [-0.2, 0) is 6.54 Å². The van der Waals surface area contributed by atoms with E-state index in [1.807, 2.05) is 23.4 Å². The summed E-state index contributed by atoms with van der Waals surface area (Å²) >= 11 is 1.58. The lowest BCUT2D eigenvalue weighted by Crippen LogP contribution is -2.26. The molecule has 0 radical (unpaired) electrons. The summed E-state index contributed by atoms with van der Waals surface area (Å²) in [6.45, 7) is 3.21. The second-order valence-electron chi connectivity index (χ2n) is 3.46. The number of likely N-dealkylation sites (N-methyl/N-ethyl adjacent to an activating group) is 1. The van der Waals surface area contributed by atoms with Crippen LogP contribution in [0.25, 0.3) is 0 Å². The summed E-state index contributed by atoms with van der Waals surface area (Å²) in [7, 11) is 1.96. The van der Waals surface area contributed by atoms with E-state index in [0.29, 0.717) is 6.54 Å². The van der Waals surface area contributed by atoms with E-state index in [9.17, 15) is 0 Å². The number of nitriles is 1. The van der Waals surface area contributed by atoms with Crippen molar-refractivity contribution in [2.45, 2.75) is 19.6 Å². The fourth-order valence-electron chi connectivity index (χ4n) is 1.30. The van der Waals surface area contributed by atoms with Crippen molar-refractivity contribution < 1.29 is 5.11 Å². The van der Waals surface area contributed by atoms with Gasteiger partial charge in [-0.3, -0.25) is 4.90 Å². The van der Waals surface area contributed by atoms with E-state index in [4.69, 9.17) is 10.4 Å². The average Bonchev–Trinajstić information content (AvgIpc) is 2.50. The highest BCUT2D eigenvalue weighted by atomic mass is 32.1. The number of hydrogen-bond donors (Lipinski definition) is 1. The predicted molar refractivity (Wildman–Crippen MR) is 57.0 cm³/mol. The Morgan fingerprint density at radius 3 is 2.93 bits per heavy atom. The lowest BCUT2D eigenvalue weighted by Gasteiger charge is -2.16. The standard InChI is InChI=1S/C10H14N2OS/c1-8(13)5-12(2)6-10-3-9(4-11)7-14-10/h3,7-8,13H,5-6H2,1-2H3/t8-/m0/s1. The maximum atomic E-state index is 9.16. The molecule has 1 heterocycles. The Balaban J connectivity index is 2.48. The number of aliphatic hydroxyl groups is 1. The van der Waals surface area contributed by atoms with Gasteiger partial charge in [-0.25, -0.2) is 0 Å². The first-order chi connectivity index (χ1) is 6.61. The number of rotatable bonds is 4. The van der Waals surface area contributed by atoms with Gasteiger partial charge in [0, 0.05) is 23.3 Å². The largest absolute Gasteiger partial charge is 0.392 e. The maximum Gasteiger partial charge on any atom is 0.100 e. The van der Waals surface area contributed by atoms with Crippen LogP contribution >= 0.6 is 11.3 Å². The van der Waals surface area contributed by atoms with Gasteiger partial charge in [0.25, 0.3) is 0 Å². The minimum Gasteiger partial charge on any atom is -0.392 e. The fourth-order valence-corrected chi connectivity index (χ4v) is 2.19. The summed E-state index contributed by atoms with van der Waals surface area (Å²) in [5.74, 6) is 0. The first-order valence-corrected chi connectivity index (χ1v) is 5.34. The topological polar surface area (TPSA) is 47.3 Å². The van der Waals surface area contributed by atoms with Crippen LogP contribution in [0.4, 0.5) is 0 Å². The van der Waals surface area contributed by atoms with Gasteiger partial charge < -0.3 is 5.11 Å².